The van der Waals surface area contributed by atoms with Crippen LogP contribution in [-0.4, -0.2) is 39.3 Å². The number of primary sulfonamides is 1. The second kappa shape index (κ2) is 7.51. The van der Waals surface area contributed by atoms with E-state index >= 15 is 0 Å². The number of nitrogens with two attached hydrogens (primary N) is 1. The number of ether oxygens (including phenoxy) is 1. The van der Waals surface area contributed by atoms with Gasteiger partial charge in [-0.05, 0) is 62.5 Å². The summed E-state index contributed by atoms with van der Waals surface area (Å²) in [4.78, 5) is 2.04. The number of hydrogen-bond donors (Lipinski definition) is 1. The van der Waals surface area contributed by atoms with Gasteiger partial charge >= 0.3 is 6.36 Å². The van der Waals surface area contributed by atoms with Crippen LogP contribution in [-0.2, 0) is 10.0 Å². The van der Waals surface area contributed by atoms with Crippen LogP contribution < -0.4 is 9.88 Å². The van der Waals surface area contributed by atoms with Gasteiger partial charge in [0.15, 0.2) is 0 Å². The fourth-order valence-corrected chi connectivity index (χ4v) is 4.19. The van der Waals surface area contributed by atoms with Crippen molar-refractivity contribution in [1.82, 2.24) is 4.90 Å². The van der Waals surface area contributed by atoms with E-state index in [1.54, 1.807) is 6.92 Å². The minimum atomic E-state index is -4.84. The molecule has 0 aliphatic carbocycles. The number of rotatable bonds is 5. The van der Waals surface area contributed by atoms with E-state index < -0.39 is 22.1 Å². The highest BCUT2D eigenvalue weighted by Crippen LogP contribution is 2.34. The van der Waals surface area contributed by atoms with Gasteiger partial charge in [0.05, 0.1) is 4.90 Å². The van der Waals surface area contributed by atoms with Crippen molar-refractivity contribution in [2.75, 3.05) is 13.6 Å². The second-order valence-electron chi connectivity index (χ2n) is 6.56. The van der Waals surface area contributed by atoms with Crippen molar-refractivity contribution in [2.45, 2.75) is 55.8 Å². The molecule has 2 rings (SSSR count). The zero-order valence-electron chi connectivity index (χ0n) is 14.2. The highest BCUT2D eigenvalue weighted by molar-refractivity contribution is 7.89. The number of sulfonamides is 1. The molecular formula is C16H23F3N2O3S. The van der Waals surface area contributed by atoms with Crippen LogP contribution in [0.15, 0.2) is 23.1 Å². The Morgan fingerprint density at radius 3 is 2.60 bits per heavy atom. The quantitative estimate of drug-likeness (QED) is 0.851. The first-order valence-electron chi connectivity index (χ1n) is 8.10. The van der Waals surface area contributed by atoms with Gasteiger partial charge in [0.25, 0.3) is 0 Å². The van der Waals surface area contributed by atoms with Crippen molar-refractivity contribution in [2.24, 2.45) is 5.14 Å². The molecule has 25 heavy (non-hydrogen) atoms. The molecule has 1 heterocycles. The molecule has 0 bridgehead atoms. The Labute approximate surface area is 146 Å². The van der Waals surface area contributed by atoms with Gasteiger partial charge in [-0.1, -0.05) is 13.3 Å². The van der Waals surface area contributed by atoms with E-state index in [2.05, 4.69) is 9.64 Å². The third-order valence-electron chi connectivity index (χ3n) is 4.60. The zero-order chi connectivity index (χ0) is 18.8. The number of nitrogens with zero attached hydrogens (tertiary/aromatic N) is 1. The van der Waals surface area contributed by atoms with E-state index in [4.69, 9.17) is 5.14 Å². The van der Waals surface area contributed by atoms with Gasteiger partial charge in [0.2, 0.25) is 10.0 Å². The maximum atomic E-state index is 12.5. The number of alkyl halides is 3. The summed E-state index contributed by atoms with van der Waals surface area (Å²) in [5.74, 6) is -0.727. The van der Waals surface area contributed by atoms with Crippen molar-refractivity contribution in [3.8, 4) is 5.75 Å². The lowest BCUT2D eigenvalue weighted by molar-refractivity contribution is -0.274. The minimum Gasteiger partial charge on any atom is -0.406 e. The number of piperidine rings is 1. The third-order valence-corrected chi connectivity index (χ3v) is 5.58. The first-order chi connectivity index (χ1) is 11.5. The molecule has 0 spiro atoms. The summed E-state index contributed by atoms with van der Waals surface area (Å²) in [6.45, 7) is 2.75. The maximum Gasteiger partial charge on any atom is 0.573 e. The van der Waals surface area contributed by atoms with Crippen LogP contribution in [0.1, 0.15) is 44.1 Å². The van der Waals surface area contributed by atoms with Crippen LogP contribution in [0.4, 0.5) is 13.2 Å². The van der Waals surface area contributed by atoms with Crippen molar-refractivity contribution in [3.63, 3.8) is 0 Å². The van der Waals surface area contributed by atoms with Gasteiger partial charge in [-0.15, -0.1) is 13.2 Å². The molecule has 1 aromatic carbocycles. The standard InChI is InChI=1S/C16H23F3N2O3S/c1-11(9-12-5-3-4-8-21(12)2)14-10-13(24-16(17,18)19)6-7-15(14)25(20,22)23/h6-7,10-12H,3-5,8-9H2,1-2H3,(H2,20,22,23)/t11-,12-/m1/s1. The molecule has 1 aliphatic rings. The van der Waals surface area contributed by atoms with E-state index in [1.165, 1.54) is 0 Å². The van der Waals surface area contributed by atoms with Crippen molar-refractivity contribution in [1.29, 1.82) is 0 Å². The second-order valence-corrected chi connectivity index (χ2v) is 8.09. The van der Waals surface area contributed by atoms with E-state index in [0.29, 0.717) is 6.42 Å². The molecule has 0 radical (unpaired) electrons. The third kappa shape index (κ3) is 5.58. The van der Waals surface area contributed by atoms with Gasteiger partial charge < -0.3 is 9.64 Å². The Bertz CT molecular complexity index is 707. The predicted molar refractivity (Wildman–Crippen MR) is 87.8 cm³/mol. The Hall–Kier alpha value is -1.32. The summed E-state index contributed by atoms with van der Waals surface area (Å²) >= 11 is 0. The fourth-order valence-electron chi connectivity index (χ4n) is 3.34. The monoisotopic (exact) mass is 380 g/mol. The van der Waals surface area contributed by atoms with E-state index in [9.17, 15) is 21.6 Å². The summed E-state index contributed by atoms with van der Waals surface area (Å²) in [5.41, 5.74) is 0.253. The molecule has 0 amide bonds. The fraction of sp³-hybridized carbons (Fsp3) is 0.625. The number of halogens is 3. The molecule has 0 saturated carbocycles. The number of benzene rings is 1. The largest absolute Gasteiger partial charge is 0.573 e. The molecule has 9 heteroatoms. The molecule has 2 N–H and O–H groups in total. The molecule has 0 aromatic heterocycles. The van der Waals surface area contributed by atoms with Crippen LogP contribution in [0.2, 0.25) is 0 Å². The highest BCUT2D eigenvalue weighted by atomic mass is 32.2. The van der Waals surface area contributed by atoms with Gasteiger partial charge in [-0.3, -0.25) is 0 Å². The Kier molecular flexibility index (Phi) is 6.01. The molecule has 142 valence electrons. The first-order valence-corrected chi connectivity index (χ1v) is 9.65. The van der Waals surface area contributed by atoms with Crippen LogP contribution in [0.5, 0.6) is 5.75 Å². The van der Waals surface area contributed by atoms with Gasteiger partial charge in [-0.2, -0.15) is 0 Å². The Morgan fingerprint density at radius 2 is 2.04 bits per heavy atom. The minimum absolute atomic E-state index is 0.159. The zero-order valence-corrected chi connectivity index (χ0v) is 15.0. The smallest absolute Gasteiger partial charge is 0.406 e. The normalized spacial score (nSPS) is 21.1. The summed E-state index contributed by atoms with van der Waals surface area (Å²) < 4.78 is 64.9. The predicted octanol–water partition coefficient (Wildman–Crippen LogP) is 3.21. The lowest BCUT2D eigenvalue weighted by atomic mass is 9.89. The summed E-state index contributed by atoms with van der Waals surface area (Å²) in [6.07, 6.45) is -1.04. The summed E-state index contributed by atoms with van der Waals surface area (Å²) in [6, 6.07) is 3.42. The molecule has 1 saturated heterocycles. The van der Waals surface area contributed by atoms with Crippen LogP contribution >= 0.6 is 0 Å². The maximum absolute atomic E-state index is 12.5. The molecule has 2 atom stereocenters. The topological polar surface area (TPSA) is 72.6 Å². The number of hydrogen-bond acceptors (Lipinski definition) is 4. The lowest BCUT2D eigenvalue weighted by Crippen LogP contribution is -2.37. The molecule has 1 aromatic rings. The van der Waals surface area contributed by atoms with E-state index in [0.717, 1.165) is 44.0 Å². The SMILES string of the molecule is C[C@H](C[C@H]1CCCCN1C)c1cc(OC(F)(F)F)ccc1S(N)(=O)=O. The van der Waals surface area contributed by atoms with Crippen molar-refractivity contribution >= 4 is 10.0 Å². The highest BCUT2D eigenvalue weighted by Gasteiger charge is 2.32. The molecular weight excluding hydrogens is 357 g/mol. The molecule has 5 nitrogen and oxygen atoms in total. The van der Waals surface area contributed by atoms with Crippen LogP contribution in [0, 0.1) is 0 Å². The summed E-state index contributed by atoms with van der Waals surface area (Å²) in [5, 5.41) is 5.23. The van der Waals surface area contributed by atoms with Gasteiger partial charge in [0.1, 0.15) is 5.75 Å². The average molecular weight is 380 g/mol. The van der Waals surface area contributed by atoms with Crippen LogP contribution in [0.25, 0.3) is 0 Å². The average Bonchev–Trinajstić information content (AvgIpc) is 2.46. The molecule has 1 aliphatic heterocycles. The van der Waals surface area contributed by atoms with Gasteiger partial charge in [-0.25, -0.2) is 13.6 Å². The molecule has 1 fully saturated rings. The van der Waals surface area contributed by atoms with Crippen molar-refractivity contribution < 1.29 is 26.3 Å². The Balaban J connectivity index is 2.32. The van der Waals surface area contributed by atoms with Gasteiger partial charge in [0, 0.05) is 6.04 Å². The van der Waals surface area contributed by atoms with Crippen LogP contribution in [0.3, 0.4) is 0 Å². The van der Waals surface area contributed by atoms with E-state index in [1.807, 2.05) is 7.05 Å². The first kappa shape index (κ1) is 20.0. The van der Waals surface area contributed by atoms with E-state index in [-0.39, 0.29) is 22.4 Å². The molecule has 0 unspecified atom stereocenters. The number of likely N-dealkylation sites (tertiary alicyclic amines) is 1. The summed E-state index contributed by atoms with van der Waals surface area (Å²) in [7, 11) is -2.04. The van der Waals surface area contributed by atoms with Crippen molar-refractivity contribution in [3.05, 3.63) is 23.8 Å². The lowest BCUT2D eigenvalue weighted by Gasteiger charge is -2.34. The Morgan fingerprint density at radius 1 is 1.36 bits per heavy atom.